The van der Waals surface area contributed by atoms with Crippen LogP contribution >= 0.6 is 0 Å². The van der Waals surface area contributed by atoms with Crippen molar-refractivity contribution in [3.8, 4) is 0 Å². The van der Waals surface area contributed by atoms with E-state index in [1.807, 2.05) is 16.9 Å². The Morgan fingerprint density at radius 2 is 1.94 bits per heavy atom. The zero-order valence-corrected chi connectivity index (χ0v) is 11.9. The van der Waals surface area contributed by atoms with Crippen molar-refractivity contribution in [2.75, 3.05) is 0 Å². The lowest BCUT2D eigenvalue weighted by molar-refractivity contribution is 0.463. The maximum absolute atomic E-state index is 4.66. The van der Waals surface area contributed by atoms with Crippen molar-refractivity contribution >= 4 is 0 Å². The van der Waals surface area contributed by atoms with Crippen LogP contribution in [0.3, 0.4) is 0 Å². The van der Waals surface area contributed by atoms with Crippen molar-refractivity contribution in [1.82, 2.24) is 19.6 Å². The van der Waals surface area contributed by atoms with Gasteiger partial charge in [0.2, 0.25) is 0 Å². The second kappa shape index (κ2) is 4.96. The minimum absolute atomic E-state index is 0.342. The molecule has 0 saturated heterocycles. The maximum atomic E-state index is 4.66. The molecule has 0 saturated carbocycles. The molecule has 1 atom stereocenters. The summed E-state index contributed by atoms with van der Waals surface area (Å²) in [6.07, 6.45) is 4.90. The fraction of sp³-hybridized carbons (Fsp3) is 0.571. The average molecular weight is 246 g/mol. The van der Waals surface area contributed by atoms with Crippen molar-refractivity contribution in [1.29, 1.82) is 0 Å². The third-order valence-corrected chi connectivity index (χ3v) is 3.32. The molecule has 0 spiro atoms. The predicted octanol–water partition coefficient (Wildman–Crippen LogP) is 3.08. The Bertz CT molecular complexity index is 522. The molecule has 2 aromatic heterocycles. The lowest BCUT2D eigenvalue weighted by Gasteiger charge is -2.13. The van der Waals surface area contributed by atoms with Crippen LogP contribution in [0, 0.1) is 13.8 Å². The molecule has 0 bridgehead atoms. The van der Waals surface area contributed by atoms with Gasteiger partial charge in [-0.1, -0.05) is 0 Å². The molecule has 0 aromatic carbocycles. The lowest BCUT2D eigenvalue weighted by atomic mass is 10.1. The van der Waals surface area contributed by atoms with E-state index in [1.165, 1.54) is 17.0 Å². The van der Waals surface area contributed by atoms with Crippen LogP contribution in [0.25, 0.3) is 0 Å². The SMILES string of the molecule is Cc1cn(C(C)C)nc1CC(C)n1nccc1C. The van der Waals surface area contributed by atoms with Gasteiger partial charge in [-0.05, 0) is 46.2 Å². The Kier molecular flexibility index (Phi) is 3.55. The van der Waals surface area contributed by atoms with Crippen LogP contribution in [0.15, 0.2) is 18.5 Å². The van der Waals surface area contributed by atoms with Crippen molar-refractivity contribution in [2.45, 2.75) is 53.1 Å². The normalized spacial score (nSPS) is 13.2. The van der Waals surface area contributed by atoms with Crippen molar-refractivity contribution in [3.63, 3.8) is 0 Å². The fourth-order valence-electron chi connectivity index (χ4n) is 2.19. The summed E-state index contributed by atoms with van der Waals surface area (Å²) >= 11 is 0. The molecule has 18 heavy (non-hydrogen) atoms. The van der Waals surface area contributed by atoms with Gasteiger partial charge in [0.15, 0.2) is 0 Å². The third-order valence-electron chi connectivity index (χ3n) is 3.32. The van der Waals surface area contributed by atoms with Crippen LogP contribution in [-0.2, 0) is 6.42 Å². The highest BCUT2D eigenvalue weighted by Crippen LogP contribution is 2.18. The molecule has 4 nitrogen and oxygen atoms in total. The van der Waals surface area contributed by atoms with E-state index >= 15 is 0 Å². The standard InChI is InChI=1S/C14H22N4/c1-10(2)17-9-11(3)14(16-17)8-13(5)18-12(4)6-7-15-18/h6-7,9-10,13H,8H2,1-5H3. The Balaban J connectivity index is 2.17. The first-order chi connectivity index (χ1) is 8.49. The highest BCUT2D eigenvalue weighted by Gasteiger charge is 2.13. The van der Waals surface area contributed by atoms with Crippen LogP contribution in [0.5, 0.6) is 0 Å². The number of hydrogen-bond acceptors (Lipinski definition) is 2. The van der Waals surface area contributed by atoms with Crippen molar-refractivity contribution in [2.24, 2.45) is 0 Å². The summed E-state index contributed by atoms with van der Waals surface area (Å²) in [5, 5.41) is 9.03. The van der Waals surface area contributed by atoms with Gasteiger partial charge in [-0.25, -0.2) is 0 Å². The number of hydrogen-bond donors (Lipinski definition) is 0. The number of nitrogens with zero attached hydrogens (tertiary/aromatic N) is 4. The fourth-order valence-corrected chi connectivity index (χ4v) is 2.19. The van der Waals surface area contributed by atoms with Gasteiger partial charge in [0, 0.05) is 30.6 Å². The number of aromatic nitrogens is 4. The summed E-state index contributed by atoms with van der Waals surface area (Å²) < 4.78 is 4.10. The Labute approximate surface area is 109 Å². The van der Waals surface area contributed by atoms with E-state index in [9.17, 15) is 0 Å². The Morgan fingerprint density at radius 3 is 2.44 bits per heavy atom. The molecule has 0 aliphatic heterocycles. The molecule has 4 heteroatoms. The molecule has 2 heterocycles. The topological polar surface area (TPSA) is 35.6 Å². The Hall–Kier alpha value is -1.58. The molecule has 0 fully saturated rings. The lowest BCUT2D eigenvalue weighted by Crippen LogP contribution is -2.12. The number of rotatable bonds is 4. The summed E-state index contributed by atoms with van der Waals surface area (Å²) in [4.78, 5) is 0. The van der Waals surface area contributed by atoms with Crippen LogP contribution in [-0.4, -0.2) is 19.6 Å². The summed E-state index contributed by atoms with van der Waals surface area (Å²) in [6, 6.07) is 2.80. The predicted molar refractivity (Wildman–Crippen MR) is 72.7 cm³/mol. The highest BCUT2D eigenvalue weighted by atomic mass is 15.3. The first-order valence-corrected chi connectivity index (χ1v) is 6.53. The summed E-state index contributed by atoms with van der Waals surface area (Å²) in [5.41, 5.74) is 3.63. The molecule has 2 aromatic rings. The molecule has 0 radical (unpaired) electrons. The quantitative estimate of drug-likeness (QED) is 0.831. The monoisotopic (exact) mass is 246 g/mol. The second-order valence-electron chi connectivity index (χ2n) is 5.30. The van der Waals surface area contributed by atoms with Crippen LogP contribution in [0.1, 0.15) is 49.8 Å². The first kappa shape index (κ1) is 12.9. The number of aryl methyl sites for hydroxylation is 2. The van der Waals surface area contributed by atoms with E-state index in [0.29, 0.717) is 12.1 Å². The summed E-state index contributed by atoms with van der Waals surface area (Å²) in [7, 11) is 0. The van der Waals surface area contributed by atoms with Gasteiger partial charge in [0.1, 0.15) is 0 Å². The van der Waals surface area contributed by atoms with Crippen molar-refractivity contribution in [3.05, 3.63) is 35.4 Å². The molecular weight excluding hydrogens is 224 g/mol. The van der Waals surface area contributed by atoms with E-state index < -0.39 is 0 Å². The average Bonchev–Trinajstić information content (AvgIpc) is 2.86. The van der Waals surface area contributed by atoms with E-state index in [-0.39, 0.29) is 0 Å². The molecule has 2 rings (SSSR count). The molecule has 0 aliphatic rings. The van der Waals surface area contributed by atoms with Gasteiger partial charge < -0.3 is 0 Å². The van der Waals surface area contributed by atoms with E-state index in [0.717, 1.165) is 6.42 Å². The molecule has 0 amide bonds. The van der Waals surface area contributed by atoms with Gasteiger partial charge in [-0.15, -0.1) is 0 Å². The molecule has 0 aliphatic carbocycles. The highest BCUT2D eigenvalue weighted by molar-refractivity contribution is 5.16. The van der Waals surface area contributed by atoms with Gasteiger partial charge >= 0.3 is 0 Å². The van der Waals surface area contributed by atoms with Gasteiger partial charge in [-0.2, -0.15) is 10.2 Å². The van der Waals surface area contributed by atoms with Crippen LogP contribution in [0.2, 0.25) is 0 Å². The van der Waals surface area contributed by atoms with E-state index in [2.05, 4.69) is 55.7 Å². The van der Waals surface area contributed by atoms with Crippen LogP contribution < -0.4 is 0 Å². The molecule has 0 N–H and O–H groups in total. The Morgan fingerprint density at radius 1 is 1.22 bits per heavy atom. The van der Waals surface area contributed by atoms with E-state index in [4.69, 9.17) is 0 Å². The third kappa shape index (κ3) is 2.47. The molecular formula is C14H22N4. The largest absolute Gasteiger partial charge is 0.270 e. The van der Waals surface area contributed by atoms with Gasteiger partial charge in [0.05, 0.1) is 11.7 Å². The van der Waals surface area contributed by atoms with Crippen LogP contribution in [0.4, 0.5) is 0 Å². The maximum Gasteiger partial charge on any atom is 0.0675 e. The minimum Gasteiger partial charge on any atom is -0.270 e. The van der Waals surface area contributed by atoms with Gasteiger partial charge in [-0.3, -0.25) is 9.36 Å². The summed E-state index contributed by atoms with van der Waals surface area (Å²) in [6.45, 7) is 10.7. The van der Waals surface area contributed by atoms with E-state index in [1.54, 1.807) is 0 Å². The molecule has 98 valence electrons. The van der Waals surface area contributed by atoms with Crippen molar-refractivity contribution < 1.29 is 0 Å². The molecule has 1 unspecified atom stereocenters. The smallest absolute Gasteiger partial charge is 0.0675 e. The second-order valence-corrected chi connectivity index (χ2v) is 5.30. The first-order valence-electron chi connectivity index (χ1n) is 6.53. The minimum atomic E-state index is 0.342. The zero-order chi connectivity index (χ0) is 13.3. The summed E-state index contributed by atoms with van der Waals surface area (Å²) in [5.74, 6) is 0. The zero-order valence-electron chi connectivity index (χ0n) is 11.9. The van der Waals surface area contributed by atoms with Gasteiger partial charge in [0.25, 0.3) is 0 Å².